The van der Waals surface area contributed by atoms with Gasteiger partial charge in [0, 0.05) is 19.6 Å². The lowest BCUT2D eigenvalue weighted by atomic mass is 10.2. The molecule has 0 radical (unpaired) electrons. The van der Waals surface area contributed by atoms with Gasteiger partial charge in [-0.15, -0.1) is 0 Å². The molecule has 0 aromatic rings. The number of amides is 1. The fourth-order valence-electron chi connectivity index (χ4n) is 1.32. The van der Waals surface area contributed by atoms with Crippen LogP contribution in [-0.4, -0.2) is 42.3 Å². The molecule has 1 rings (SSSR count). The zero-order valence-corrected chi connectivity index (χ0v) is 6.71. The van der Waals surface area contributed by atoms with Crippen molar-refractivity contribution in [3.63, 3.8) is 0 Å². The molecule has 0 aromatic heterocycles. The summed E-state index contributed by atoms with van der Waals surface area (Å²) in [5.74, 6) is 0. The average molecular weight is 158 g/mol. The smallest absolute Gasteiger partial charge is 0.407 e. The summed E-state index contributed by atoms with van der Waals surface area (Å²) in [6.07, 6.45) is 1.41. The van der Waals surface area contributed by atoms with E-state index in [1.54, 1.807) is 7.05 Å². The van der Waals surface area contributed by atoms with E-state index in [2.05, 4.69) is 5.32 Å². The molecule has 0 aromatic carbocycles. The number of hydrogen-bond acceptors (Lipinski definition) is 2. The molecular formula is C7H14N2O2. The minimum Gasteiger partial charge on any atom is -0.465 e. The summed E-state index contributed by atoms with van der Waals surface area (Å²) in [5.41, 5.74) is 0. The van der Waals surface area contributed by atoms with Gasteiger partial charge in [-0.2, -0.15) is 0 Å². The number of nitrogens with one attached hydrogen (secondary N) is 1. The van der Waals surface area contributed by atoms with Gasteiger partial charge in [-0.1, -0.05) is 0 Å². The third kappa shape index (κ3) is 2.38. The van der Waals surface area contributed by atoms with E-state index in [1.165, 1.54) is 4.90 Å². The van der Waals surface area contributed by atoms with E-state index in [4.69, 9.17) is 5.11 Å². The monoisotopic (exact) mass is 158 g/mol. The topological polar surface area (TPSA) is 52.6 Å². The van der Waals surface area contributed by atoms with Crippen molar-refractivity contribution in [1.82, 2.24) is 10.2 Å². The largest absolute Gasteiger partial charge is 0.465 e. The number of nitrogens with zero attached hydrogens (tertiary/aromatic N) is 1. The second-order valence-electron chi connectivity index (χ2n) is 2.96. The molecule has 1 atom stereocenters. The van der Waals surface area contributed by atoms with Crippen molar-refractivity contribution in [3.05, 3.63) is 0 Å². The zero-order chi connectivity index (χ0) is 8.27. The van der Waals surface area contributed by atoms with Gasteiger partial charge in [0.05, 0.1) is 0 Å². The highest BCUT2D eigenvalue weighted by Gasteiger charge is 2.17. The van der Waals surface area contributed by atoms with E-state index in [9.17, 15) is 4.79 Å². The maximum absolute atomic E-state index is 10.4. The fourth-order valence-corrected chi connectivity index (χ4v) is 1.32. The molecule has 1 aliphatic rings. The Morgan fingerprint density at radius 2 is 2.55 bits per heavy atom. The van der Waals surface area contributed by atoms with Crippen LogP contribution in [0, 0.1) is 0 Å². The van der Waals surface area contributed by atoms with Gasteiger partial charge in [-0.25, -0.2) is 4.79 Å². The van der Waals surface area contributed by atoms with E-state index in [0.717, 1.165) is 19.4 Å². The van der Waals surface area contributed by atoms with E-state index in [-0.39, 0.29) is 0 Å². The van der Waals surface area contributed by atoms with Crippen molar-refractivity contribution in [2.24, 2.45) is 0 Å². The Hall–Kier alpha value is -0.770. The first-order valence-electron chi connectivity index (χ1n) is 3.87. The van der Waals surface area contributed by atoms with Crippen LogP contribution < -0.4 is 5.32 Å². The molecule has 1 amide bonds. The lowest BCUT2D eigenvalue weighted by molar-refractivity contribution is 0.152. The van der Waals surface area contributed by atoms with Gasteiger partial charge in [-0.05, 0) is 19.4 Å². The highest BCUT2D eigenvalue weighted by Crippen LogP contribution is 2.05. The Bertz CT molecular complexity index is 143. The predicted octanol–water partition coefficient (Wildman–Crippen LogP) is 0.348. The number of likely N-dealkylation sites (N-methyl/N-ethyl adjacent to an activating group) is 1. The summed E-state index contributed by atoms with van der Waals surface area (Å²) in [4.78, 5) is 11.7. The van der Waals surface area contributed by atoms with Crippen LogP contribution in [0.4, 0.5) is 4.79 Å². The summed E-state index contributed by atoms with van der Waals surface area (Å²) in [6, 6.07) is 0.371. The van der Waals surface area contributed by atoms with Crippen LogP contribution in [0.25, 0.3) is 0 Å². The van der Waals surface area contributed by atoms with E-state index < -0.39 is 6.09 Å². The second-order valence-corrected chi connectivity index (χ2v) is 2.96. The third-order valence-electron chi connectivity index (χ3n) is 1.98. The van der Waals surface area contributed by atoms with Gasteiger partial charge in [-0.3, -0.25) is 0 Å². The minimum absolute atomic E-state index is 0.371. The summed E-state index contributed by atoms with van der Waals surface area (Å²) in [6.45, 7) is 1.63. The number of rotatable bonds is 2. The maximum atomic E-state index is 10.4. The summed E-state index contributed by atoms with van der Waals surface area (Å²) in [5, 5.41) is 11.8. The number of hydrogen-bond donors (Lipinski definition) is 2. The molecule has 0 aliphatic carbocycles. The Kier molecular flexibility index (Phi) is 2.70. The van der Waals surface area contributed by atoms with Crippen LogP contribution in [0.3, 0.4) is 0 Å². The van der Waals surface area contributed by atoms with Gasteiger partial charge in [0.1, 0.15) is 0 Å². The van der Waals surface area contributed by atoms with Crippen LogP contribution >= 0.6 is 0 Å². The quantitative estimate of drug-likeness (QED) is 0.609. The first kappa shape index (κ1) is 8.33. The summed E-state index contributed by atoms with van der Waals surface area (Å²) in [7, 11) is 1.60. The maximum Gasteiger partial charge on any atom is 0.407 e. The van der Waals surface area contributed by atoms with Crippen molar-refractivity contribution in [2.45, 2.75) is 18.9 Å². The van der Waals surface area contributed by atoms with Crippen LogP contribution in [0.15, 0.2) is 0 Å². The second kappa shape index (κ2) is 3.57. The van der Waals surface area contributed by atoms with Gasteiger partial charge in [0.15, 0.2) is 0 Å². The molecule has 1 fully saturated rings. The molecule has 2 N–H and O–H groups in total. The standard InChI is InChI=1S/C7H14N2O2/c1-9(7(10)11)5-6-3-2-4-8-6/h6,8H,2-5H2,1H3,(H,10,11)/t6-/m1/s1. The molecule has 0 spiro atoms. The van der Waals surface area contributed by atoms with Crippen LogP contribution in [-0.2, 0) is 0 Å². The third-order valence-corrected chi connectivity index (χ3v) is 1.98. The molecule has 4 heteroatoms. The van der Waals surface area contributed by atoms with Crippen molar-refractivity contribution in [1.29, 1.82) is 0 Å². The Morgan fingerprint density at radius 3 is 3.00 bits per heavy atom. The average Bonchev–Trinajstić information content (AvgIpc) is 2.39. The lowest BCUT2D eigenvalue weighted by Gasteiger charge is -2.17. The SMILES string of the molecule is CN(C[C@H]1CCCN1)C(=O)O. The van der Waals surface area contributed by atoms with Gasteiger partial charge in [0.2, 0.25) is 0 Å². The predicted molar refractivity (Wildman–Crippen MR) is 41.7 cm³/mol. The number of carbonyl (C=O) groups is 1. The van der Waals surface area contributed by atoms with Crippen LogP contribution in [0.2, 0.25) is 0 Å². The molecular weight excluding hydrogens is 144 g/mol. The number of carboxylic acid groups (broad SMARTS) is 1. The molecule has 1 heterocycles. The van der Waals surface area contributed by atoms with E-state index >= 15 is 0 Å². The Morgan fingerprint density at radius 1 is 1.82 bits per heavy atom. The molecule has 4 nitrogen and oxygen atoms in total. The van der Waals surface area contributed by atoms with E-state index in [1.807, 2.05) is 0 Å². The molecule has 64 valence electrons. The molecule has 11 heavy (non-hydrogen) atoms. The van der Waals surface area contributed by atoms with Crippen LogP contribution in [0.1, 0.15) is 12.8 Å². The van der Waals surface area contributed by atoms with Crippen molar-refractivity contribution in [2.75, 3.05) is 20.1 Å². The normalized spacial score (nSPS) is 23.5. The molecule has 0 saturated carbocycles. The lowest BCUT2D eigenvalue weighted by Crippen LogP contribution is -2.37. The molecule has 0 unspecified atom stereocenters. The van der Waals surface area contributed by atoms with Gasteiger partial charge in [0.25, 0.3) is 0 Å². The first-order chi connectivity index (χ1) is 5.20. The first-order valence-corrected chi connectivity index (χ1v) is 3.87. The minimum atomic E-state index is -0.848. The highest BCUT2D eigenvalue weighted by atomic mass is 16.4. The van der Waals surface area contributed by atoms with Crippen molar-refractivity contribution in [3.8, 4) is 0 Å². The van der Waals surface area contributed by atoms with Crippen LogP contribution in [0.5, 0.6) is 0 Å². The van der Waals surface area contributed by atoms with Gasteiger partial charge < -0.3 is 15.3 Å². The molecule has 1 saturated heterocycles. The van der Waals surface area contributed by atoms with E-state index in [0.29, 0.717) is 12.6 Å². The molecule has 0 bridgehead atoms. The highest BCUT2D eigenvalue weighted by molar-refractivity contribution is 5.64. The molecule has 1 aliphatic heterocycles. The fraction of sp³-hybridized carbons (Fsp3) is 0.857. The Balaban J connectivity index is 2.23. The Labute approximate surface area is 66.2 Å². The summed E-state index contributed by atoms with van der Waals surface area (Å²) < 4.78 is 0. The van der Waals surface area contributed by atoms with Crippen molar-refractivity contribution >= 4 is 6.09 Å². The van der Waals surface area contributed by atoms with Gasteiger partial charge >= 0.3 is 6.09 Å². The van der Waals surface area contributed by atoms with Crippen molar-refractivity contribution < 1.29 is 9.90 Å². The summed E-state index contributed by atoms with van der Waals surface area (Å²) >= 11 is 0. The zero-order valence-electron chi connectivity index (χ0n) is 6.71.